The Labute approximate surface area is 239 Å². The molecule has 0 heterocycles. The maximum atomic E-state index is 11.4. The van der Waals surface area contributed by atoms with Crippen LogP contribution < -0.4 is 11.1 Å². The van der Waals surface area contributed by atoms with Crippen molar-refractivity contribution in [1.29, 1.82) is 0 Å². The van der Waals surface area contributed by atoms with Gasteiger partial charge in [0.15, 0.2) is 0 Å². The Morgan fingerprint density at radius 1 is 0.564 bits per heavy atom. The molecule has 0 fully saturated rings. The molecule has 0 aliphatic heterocycles. The van der Waals surface area contributed by atoms with Crippen molar-refractivity contribution in [2.45, 2.75) is 155 Å². The Morgan fingerprint density at radius 2 is 0.949 bits per heavy atom. The van der Waals surface area contributed by atoms with E-state index in [1.165, 1.54) is 77.0 Å². The van der Waals surface area contributed by atoms with Gasteiger partial charge in [0.25, 0.3) is 0 Å². The Morgan fingerprint density at radius 3 is 1.33 bits per heavy atom. The van der Waals surface area contributed by atoms with Crippen molar-refractivity contribution in [3.05, 3.63) is 0 Å². The van der Waals surface area contributed by atoms with Crippen LogP contribution in [-0.4, -0.2) is 49.4 Å². The topological polar surface area (TPSA) is 128 Å². The molecule has 8 nitrogen and oxygen atoms in total. The second-order valence-electron chi connectivity index (χ2n) is 10.3. The van der Waals surface area contributed by atoms with Gasteiger partial charge in [0.1, 0.15) is 0 Å². The standard InChI is InChI=1S/C16H31NO4.C15H31NO2/c1-2-3-4-5-6-7-8-9-12-15(18)21-14-11-10-13-17-16(19)20;1-2-3-4-5-6-7-8-9-12-15(17)18-14-11-10-13-16/h17H,2-14H2,1H3,(H,19,20);2-14,16H2,1H3. The zero-order chi connectivity index (χ0) is 29.2. The minimum Gasteiger partial charge on any atom is -0.466 e. The van der Waals surface area contributed by atoms with Crippen molar-refractivity contribution in [3.63, 3.8) is 0 Å². The predicted molar refractivity (Wildman–Crippen MR) is 160 cm³/mol. The van der Waals surface area contributed by atoms with Crippen LogP contribution in [0.2, 0.25) is 0 Å². The van der Waals surface area contributed by atoms with Gasteiger partial charge in [-0.25, -0.2) is 4.79 Å². The van der Waals surface area contributed by atoms with Crippen LogP contribution in [0.1, 0.15) is 155 Å². The molecule has 0 bridgehead atoms. The molecule has 8 heteroatoms. The van der Waals surface area contributed by atoms with Gasteiger partial charge in [-0.1, -0.05) is 104 Å². The Bertz CT molecular complexity index is 545. The molecule has 0 rings (SSSR count). The molecule has 39 heavy (non-hydrogen) atoms. The van der Waals surface area contributed by atoms with Gasteiger partial charge in [-0.15, -0.1) is 0 Å². The summed E-state index contributed by atoms with van der Waals surface area (Å²) >= 11 is 0. The van der Waals surface area contributed by atoms with Crippen LogP contribution in [0.5, 0.6) is 0 Å². The van der Waals surface area contributed by atoms with Crippen LogP contribution in [0.25, 0.3) is 0 Å². The van der Waals surface area contributed by atoms with Crippen molar-refractivity contribution in [3.8, 4) is 0 Å². The highest BCUT2D eigenvalue weighted by Gasteiger charge is 2.03. The van der Waals surface area contributed by atoms with Gasteiger partial charge in [-0.2, -0.15) is 0 Å². The minimum atomic E-state index is -1.01. The molecule has 0 saturated carbocycles. The molecule has 0 aromatic carbocycles. The number of nitrogens with two attached hydrogens (primary N) is 1. The number of carbonyl (C=O) groups excluding carboxylic acids is 2. The second kappa shape index (κ2) is 34.2. The lowest BCUT2D eigenvalue weighted by atomic mass is 10.1. The first-order valence-electron chi connectivity index (χ1n) is 16.0. The molecular formula is C31H62N2O6. The highest BCUT2D eigenvalue weighted by atomic mass is 16.5. The largest absolute Gasteiger partial charge is 0.466 e. The first-order chi connectivity index (χ1) is 19.0. The minimum absolute atomic E-state index is 0.0435. The molecule has 0 unspecified atom stereocenters. The average Bonchev–Trinajstić information content (AvgIpc) is 2.92. The van der Waals surface area contributed by atoms with Gasteiger partial charge in [0.05, 0.1) is 13.2 Å². The van der Waals surface area contributed by atoms with E-state index in [4.69, 9.17) is 20.3 Å². The number of esters is 2. The van der Waals surface area contributed by atoms with Gasteiger partial charge in [-0.05, 0) is 45.1 Å². The monoisotopic (exact) mass is 558 g/mol. The zero-order valence-electron chi connectivity index (χ0n) is 25.5. The third-order valence-corrected chi connectivity index (χ3v) is 6.44. The number of hydrogen-bond donors (Lipinski definition) is 3. The lowest BCUT2D eigenvalue weighted by Crippen LogP contribution is -2.22. The smallest absolute Gasteiger partial charge is 0.404 e. The average molecular weight is 559 g/mol. The molecule has 0 aromatic heterocycles. The summed E-state index contributed by atoms with van der Waals surface area (Å²) < 4.78 is 10.2. The SMILES string of the molecule is CCCCCCCCCCC(=O)OCCCCN.CCCCCCCCCCC(=O)OCCCCNC(=O)O. The summed E-state index contributed by atoms with van der Waals surface area (Å²) in [4.78, 5) is 32.9. The molecule has 0 saturated heterocycles. The molecule has 0 aliphatic carbocycles. The number of hydrogen-bond acceptors (Lipinski definition) is 6. The second-order valence-corrected chi connectivity index (χ2v) is 10.3. The van der Waals surface area contributed by atoms with Crippen molar-refractivity contribution in [2.75, 3.05) is 26.3 Å². The fourth-order valence-electron chi connectivity index (χ4n) is 3.99. The fourth-order valence-corrected chi connectivity index (χ4v) is 3.99. The summed E-state index contributed by atoms with van der Waals surface area (Å²) in [6, 6.07) is 0. The summed E-state index contributed by atoms with van der Waals surface area (Å²) in [6.45, 7) is 6.46. The molecule has 232 valence electrons. The zero-order valence-corrected chi connectivity index (χ0v) is 25.5. The van der Waals surface area contributed by atoms with Crippen LogP contribution in [0.4, 0.5) is 4.79 Å². The highest BCUT2D eigenvalue weighted by molar-refractivity contribution is 5.69. The number of ether oxygens (including phenoxy) is 2. The van der Waals surface area contributed by atoms with Gasteiger partial charge < -0.3 is 25.6 Å². The highest BCUT2D eigenvalue weighted by Crippen LogP contribution is 2.11. The van der Waals surface area contributed by atoms with Crippen LogP contribution in [0.3, 0.4) is 0 Å². The number of nitrogens with one attached hydrogen (secondary N) is 1. The molecule has 0 aliphatic rings. The summed E-state index contributed by atoms with van der Waals surface area (Å²) in [6.07, 6.45) is 23.1. The van der Waals surface area contributed by atoms with Crippen molar-refractivity contribution >= 4 is 18.0 Å². The van der Waals surface area contributed by atoms with E-state index < -0.39 is 6.09 Å². The quantitative estimate of drug-likeness (QED) is 0.0690. The van der Waals surface area contributed by atoms with Crippen LogP contribution >= 0.6 is 0 Å². The van der Waals surface area contributed by atoms with Crippen molar-refractivity contribution < 1.29 is 29.0 Å². The summed E-state index contributed by atoms with van der Waals surface area (Å²) in [5.74, 6) is -0.176. The lowest BCUT2D eigenvalue weighted by molar-refractivity contribution is -0.144. The van der Waals surface area contributed by atoms with Crippen molar-refractivity contribution in [1.82, 2.24) is 5.32 Å². The van der Waals surface area contributed by atoms with E-state index in [0.29, 0.717) is 52.0 Å². The van der Waals surface area contributed by atoms with Gasteiger partial charge in [0.2, 0.25) is 0 Å². The summed E-state index contributed by atoms with van der Waals surface area (Å²) in [5.41, 5.74) is 5.36. The van der Waals surface area contributed by atoms with Gasteiger partial charge in [-0.3, -0.25) is 9.59 Å². The summed E-state index contributed by atoms with van der Waals surface area (Å²) in [7, 11) is 0. The fraction of sp³-hybridized carbons (Fsp3) is 0.903. The Hall–Kier alpha value is -1.83. The third-order valence-electron chi connectivity index (χ3n) is 6.44. The Kier molecular flexibility index (Phi) is 34.5. The first kappa shape index (κ1) is 39.3. The van der Waals surface area contributed by atoms with Crippen molar-refractivity contribution in [2.24, 2.45) is 5.73 Å². The molecule has 0 atom stereocenters. The Balaban J connectivity index is 0. The lowest BCUT2D eigenvalue weighted by Gasteiger charge is -2.05. The number of amides is 1. The van der Waals surface area contributed by atoms with E-state index in [2.05, 4.69) is 19.2 Å². The van der Waals surface area contributed by atoms with E-state index >= 15 is 0 Å². The molecule has 4 N–H and O–H groups in total. The normalized spacial score (nSPS) is 10.4. The number of carboxylic acid groups (broad SMARTS) is 1. The molecular weight excluding hydrogens is 496 g/mol. The van der Waals surface area contributed by atoms with Crippen LogP contribution in [0.15, 0.2) is 0 Å². The molecule has 0 aromatic rings. The molecule has 0 radical (unpaired) electrons. The summed E-state index contributed by atoms with van der Waals surface area (Å²) in [5, 5.41) is 10.6. The van der Waals surface area contributed by atoms with E-state index in [1.807, 2.05) is 0 Å². The number of rotatable bonds is 27. The van der Waals surface area contributed by atoms with E-state index in [9.17, 15) is 14.4 Å². The van der Waals surface area contributed by atoms with Crippen LogP contribution in [0, 0.1) is 0 Å². The maximum absolute atomic E-state index is 11.4. The van der Waals surface area contributed by atoms with E-state index in [1.54, 1.807) is 0 Å². The van der Waals surface area contributed by atoms with Gasteiger partial charge in [0, 0.05) is 19.4 Å². The number of carbonyl (C=O) groups is 3. The number of unbranched alkanes of at least 4 members (excludes halogenated alkanes) is 16. The molecule has 0 spiro atoms. The first-order valence-corrected chi connectivity index (χ1v) is 16.0. The van der Waals surface area contributed by atoms with Crippen LogP contribution in [-0.2, 0) is 19.1 Å². The molecule has 1 amide bonds. The van der Waals surface area contributed by atoms with Gasteiger partial charge >= 0.3 is 18.0 Å². The maximum Gasteiger partial charge on any atom is 0.404 e. The van der Waals surface area contributed by atoms with E-state index in [0.717, 1.165) is 38.5 Å². The van der Waals surface area contributed by atoms with E-state index in [-0.39, 0.29) is 11.9 Å². The third kappa shape index (κ3) is 38.4. The predicted octanol–water partition coefficient (Wildman–Crippen LogP) is 7.91.